The molecule has 21 heavy (non-hydrogen) atoms. The van der Waals surface area contributed by atoms with Crippen LogP contribution in [0.3, 0.4) is 0 Å². The number of halogens is 1. The van der Waals surface area contributed by atoms with Crippen LogP contribution in [0, 0.1) is 5.41 Å². The fraction of sp³-hybridized carbons (Fsp3) is 0.250. The summed E-state index contributed by atoms with van der Waals surface area (Å²) in [5, 5.41) is 13.6. The van der Waals surface area contributed by atoms with Gasteiger partial charge in [-0.2, -0.15) is 0 Å². The highest BCUT2D eigenvalue weighted by atomic mass is 79.9. The molecule has 110 valence electrons. The van der Waals surface area contributed by atoms with E-state index in [2.05, 4.69) is 21.2 Å². The molecule has 4 nitrogen and oxygen atoms in total. The van der Waals surface area contributed by atoms with Crippen LogP contribution in [0.25, 0.3) is 10.8 Å². The van der Waals surface area contributed by atoms with Gasteiger partial charge < -0.3 is 10.4 Å². The van der Waals surface area contributed by atoms with Crippen molar-refractivity contribution in [3.8, 4) is 0 Å². The quantitative estimate of drug-likeness (QED) is 0.888. The van der Waals surface area contributed by atoms with Gasteiger partial charge in [0.1, 0.15) is 0 Å². The normalized spacial score (nSPS) is 11.4. The molecule has 0 saturated carbocycles. The second-order valence-corrected chi connectivity index (χ2v) is 6.46. The summed E-state index contributed by atoms with van der Waals surface area (Å²) in [6, 6.07) is 11.3. The van der Waals surface area contributed by atoms with E-state index >= 15 is 0 Å². The summed E-state index contributed by atoms with van der Waals surface area (Å²) in [4.78, 5) is 23.4. The number of carbonyl (C=O) groups excluding carboxylic acids is 1. The summed E-state index contributed by atoms with van der Waals surface area (Å²) in [7, 11) is 0. The maximum absolute atomic E-state index is 12.4. The van der Waals surface area contributed by atoms with Crippen LogP contribution in [0.2, 0.25) is 0 Å². The third-order valence-electron chi connectivity index (χ3n) is 3.34. The number of hydrogen-bond acceptors (Lipinski definition) is 2. The number of fused-ring (bicyclic) bond motifs is 1. The molecule has 0 saturated heterocycles. The minimum atomic E-state index is -1.00. The number of aliphatic carboxylic acids is 1. The molecule has 5 heteroatoms. The van der Waals surface area contributed by atoms with Crippen LogP contribution < -0.4 is 5.32 Å². The first-order chi connectivity index (χ1) is 9.81. The van der Waals surface area contributed by atoms with Crippen LogP contribution >= 0.6 is 15.9 Å². The molecule has 0 unspecified atom stereocenters. The molecule has 2 rings (SSSR count). The molecule has 0 bridgehead atoms. The average molecular weight is 350 g/mol. The van der Waals surface area contributed by atoms with E-state index in [0.29, 0.717) is 5.56 Å². The summed E-state index contributed by atoms with van der Waals surface area (Å²) in [6.07, 6.45) is 0. The summed E-state index contributed by atoms with van der Waals surface area (Å²) in [5.74, 6) is -1.22. The van der Waals surface area contributed by atoms with Crippen LogP contribution in [-0.4, -0.2) is 23.5 Å². The molecule has 2 aromatic carbocycles. The van der Waals surface area contributed by atoms with E-state index in [4.69, 9.17) is 5.11 Å². The Morgan fingerprint density at radius 1 is 1.24 bits per heavy atom. The highest BCUT2D eigenvalue weighted by Gasteiger charge is 2.27. The van der Waals surface area contributed by atoms with E-state index in [1.165, 1.54) is 0 Å². The second-order valence-electron chi connectivity index (χ2n) is 5.55. The van der Waals surface area contributed by atoms with E-state index < -0.39 is 11.4 Å². The van der Waals surface area contributed by atoms with Gasteiger partial charge in [-0.05, 0) is 36.8 Å². The maximum Gasteiger partial charge on any atom is 0.310 e. The van der Waals surface area contributed by atoms with Gasteiger partial charge in [0.15, 0.2) is 0 Å². The summed E-state index contributed by atoms with van der Waals surface area (Å²) in [6.45, 7) is 3.23. The molecule has 2 aromatic rings. The molecule has 2 N–H and O–H groups in total. The Kier molecular flexibility index (Phi) is 4.32. The number of carbonyl (C=O) groups is 2. The summed E-state index contributed by atoms with van der Waals surface area (Å²) in [5.41, 5.74) is -0.474. The smallest absolute Gasteiger partial charge is 0.310 e. The lowest BCUT2D eigenvalue weighted by Crippen LogP contribution is -2.38. The van der Waals surface area contributed by atoms with E-state index in [0.717, 1.165) is 15.2 Å². The standard InChI is InChI=1S/C16H16BrNO3/c1-16(2,15(20)21)9-18-14(19)13-8-11(17)7-10-5-3-4-6-12(10)13/h3-8H,9H2,1-2H3,(H,18,19)(H,20,21). The maximum atomic E-state index is 12.4. The van der Waals surface area contributed by atoms with Crippen molar-refractivity contribution >= 4 is 38.6 Å². The molecular weight excluding hydrogens is 334 g/mol. The topological polar surface area (TPSA) is 66.4 Å². The second kappa shape index (κ2) is 5.85. The Labute approximate surface area is 131 Å². The average Bonchev–Trinajstić information content (AvgIpc) is 2.43. The molecule has 0 atom stereocenters. The van der Waals surface area contributed by atoms with Crippen LogP contribution in [0.1, 0.15) is 24.2 Å². The van der Waals surface area contributed by atoms with E-state index in [1.54, 1.807) is 19.9 Å². The Bertz CT molecular complexity index is 710. The number of carboxylic acid groups (broad SMARTS) is 1. The van der Waals surface area contributed by atoms with Crippen molar-refractivity contribution in [3.63, 3.8) is 0 Å². The van der Waals surface area contributed by atoms with Gasteiger partial charge in [-0.1, -0.05) is 40.2 Å². The minimum absolute atomic E-state index is 0.0714. The highest BCUT2D eigenvalue weighted by molar-refractivity contribution is 9.10. The van der Waals surface area contributed by atoms with Gasteiger partial charge in [-0.25, -0.2) is 0 Å². The van der Waals surface area contributed by atoms with Crippen molar-refractivity contribution in [2.45, 2.75) is 13.8 Å². The predicted molar refractivity (Wildman–Crippen MR) is 85.4 cm³/mol. The molecule has 0 aliphatic rings. The monoisotopic (exact) mass is 349 g/mol. The number of rotatable bonds is 4. The Balaban J connectivity index is 2.30. The molecule has 0 heterocycles. The molecule has 0 fully saturated rings. The Morgan fingerprint density at radius 2 is 1.90 bits per heavy atom. The third kappa shape index (κ3) is 3.42. The molecular formula is C16H16BrNO3. The first kappa shape index (κ1) is 15.5. The molecule has 0 aliphatic heterocycles. The Morgan fingerprint density at radius 3 is 2.57 bits per heavy atom. The van der Waals surface area contributed by atoms with E-state index in [-0.39, 0.29) is 12.5 Å². The van der Waals surface area contributed by atoms with Gasteiger partial charge in [0, 0.05) is 16.6 Å². The van der Waals surface area contributed by atoms with E-state index in [9.17, 15) is 9.59 Å². The zero-order valence-corrected chi connectivity index (χ0v) is 13.4. The minimum Gasteiger partial charge on any atom is -0.481 e. The number of hydrogen-bond donors (Lipinski definition) is 2. The van der Waals surface area contributed by atoms with Gasteiger partial charge in [0.25, 0.3) is 5.91 Å². The lowest BCUT2D eigenvalue weighted by Gasteiger charge is -2.19. The zero-order valence-electron chi connectivity index (χ0n) is 11.8. The fourth-order valence-corrected chi connectivity index (χ4v) is 2.41. The molecule has 0 radical (unpaired) electrons. The van der Waals surface area contributed by atoms with Crippen molar-refractivity contribution in [2.24, 2.45) is 5.41 Å². The van der Waals surface area contributed by atoms with Crippen LogP contribution in [0.15, 0.2) is 40.9 Å². The SMILES string of the molecule is CC(C)(CNC(=O)c1cc(Br)cc2ccccc12)C(=O)O. The van der Waals surface area contributed by atoms with Gasteiger partial charge >= 0.3 is 5.97 Å². The summed E-state index contributed by atoms with van der Waals surface area (Å²) >= 11 is 3.39. The van der Waals surface area contributed by atoms with Crippen LogP contribution in [0.5, 0.6) is 0 Å². The zero-order chi connectivity index (χ0) is 15.6. The fourth-order valence-electron chi connectivity index (χ4n) is 1.93. The van der Waals surface area contributed by atoms with Crippen molar-refractivity contribution in [1.82, 2.24) is 5.32 Å². The van der Waals surface area contributed by atoms with Crippen molar-refractivity contribution in [2.75, 3.05) is 6.54 Å². The number of carboxylic acids is 1. The van der Waals surface area contributed by atoms with Gasteiger partial charge in [-0.3, -0.25) is 9.59 Å². The number of amides is 1. The molecule has 0 spiro atoms. The molecule has 0 aromatic heterocycles. The van der Waals surface area contributed by atoms with Crippen molar-refractivity contribution in [3.05, 3.63) is 46.4 Å². The molecule has 0 aliphatic carbocycles. The summed E-state index contributed by atoms with van der Waals surface area (Å²) < 4.78 is 0.809. The van der Waals surface area contributed by atoms with Crippen molar-refractivity contribution < 1.29 is 14.7 Å². The molecule has 1 amide bonds. The number of nitrogens with one attached hydrogen (secondary N) is 1. The van der Waals surface area contributed by atoms with Gasteiger partial charge in [0.05, 0.1) is 5.41 Å². The number of benzene rings is 2. The first-order valence-corrected chi connectivity index (χ1v) is 7.30. The Hall–Kier alpha value is -1.88. The largest absolute Gasteiger partial charge is 0.481 e. The lowest BCUT2D eigenvalue weighted by atomic mass is 9.93. The third-order valence-corrected chi connectivity index (χ3v) is 3.80. The highest BCUT2D eigenvalue weighted by Crippen LogP contribution is 2.24. The predicted octanol–water partition coefficient (Wildman–Crippen LogP) is 3.44. The van der Waals surface area contributed by atoms with Crippen LogP contribution in [0.4, 0.5) is 0 Å². The lowest BCUT2D eigenvalue weighted by molar-refractivity contribution is -0.146. The van der Waals surface area contributed by atoms with E-state index in [1.807, 2.05) is 30.3 Å². The first-order valence-electron chi connectivity index (χ1n) is 6.51. The van der Waals surface area contributed by atoms with Gasteiger partial charge in [-0.15, -0.1) is 0 Å². The van der Waals surface area contributed by atoms with Crippen molar-refractivity contribution in [1.29, 1.82) is 0 Å². The van der Waals surface area contributed by atoms with Gasteiger partial charge in [0.2, 0.25) is 0 Å². The van der Waals surface area contributed by atoms with Crippen LogP contribution in [-0.2, 0) is 4.79 Å².